The topological polar surface area (TPSA) is 26.3 Å². The van der Waals surface area contributed by atoms with Crippen LogP contribution in [0.5, 0.6) is 0 Å². The molecule has 2 aliphatic carbocycles. The highest BCUT2D eigenvalue weighted by Gasteiger charge is 2.52. The van der Waals surface area contributed by atoms with E-state index in [0.29, 0.717) is 16.7 Å². The largest absolute Gasteiger partial charge is 0.466 e. The van der Waals surface area contributed by atoms with Gasteiger partial charge in [-0.1, -0.05) is 56.6 Å². The standard InChI is InChI=1S/C26H42O2/c1-19(10-8-11-20(2)18-24(27)28-7)12-14-22-21(3)13-15-23-25(4,5)16-9-17-26(22,23)6/h10,18,22-23H,3,8-9,11-17H2,1-2,4-7H3/b19-10+,20-18+/t22-,23?,26+/m0/s1. The van der Waals surface area contributed by atoms with Gasteiger partial charge >= 0.3 is 5.97 Å². The summed E-state index contributed by atoms with van der Waals surface area (Å²) < 4.78 is 4.69. The highest BCUT2D eigenvalue weighted by molar-refractivity contribution is 5.82. The predicted octanol–water partition coefficient (Wildman–Crippen LogP) is 7.41. The van der Waals surface area contributed by atoms with Crippen LogP contribution in [-0.4, -0.2) is 13.1 Å². The Morgan fingerprint density at radius 3 is 2.57 bits per heavy atom. The zero-order chi connectivity index (χ0) is 20.9. The Bertz CT molecular complexity index is 637. The summed E-state index contributed by atoms with van der Waals surface area (Å²) in [5, 5.41) is 0. The Labute approximate surface area is 173 Å². The van der Waals surface area contributed by atoms with Crippen LogP contribution >= 0.6 is 0 Å². The van der Waals surface area contributed by atoms with Gasteiger partial charge in [0.1, 0.15) is 0 Å². The van der Waals surface area contributed by atoms with Crippen molar-refractivity contribution in [1.82, 2.24) is 0 Å². The van der Waals surface area contributed by atoms with Crippen molar-refractivity contribution < 1.29 is 9.53 Å². The Balaban J connectivity index is 1.95. The van der Waals surface area contributed by atoms with Crippen molar-refractivity contribution in [3.05, 3.63) is 35.5 Å². The number of fused-ring (bicyclic) bond motifs is 1. The molecule has 1 unspecified atom stereocenters. The molecule has 0 saturated heterocycles. The number of carbonyl (C=O) groups is 1. The molecule has 2 saturated carbocycles. The maximum absolute atomic E-state index is 11.3. The first kappa shape index (κ1) is 23.0. The molecule has 0 N–H and O–H groups in total. The van der Waals surface area contributed by atoms with Gasteiger partial charge in [0.15, 0.2) is 0 Å². The molecular formula is C26H42O2. The SMILES string of the molecule is C=C1CCC2C(C)(C)CCC[C@]2(C)[C@H]1CC/C(C)=C/CC/C(C)=C/C(=O)OC. The van der Waals surface area contributed by atoms with E-state index >= 15 is 0 Å². The second-order valence-corrected chi connectivity index (χ2v) is 10.3. The third kappa shape index (κ3) is 5.39. The molecule has 0 aromatic carbocycles. The Hall–Kier alpha value is -1.31. The van der Waals surface area contributed by atoms with E-state index in [2.05, 4.69) is 40.3 Å². The van der Waals surface area contributed by atoms with Gasteiger partial charge in [0.25, 0.3) is 0 Å². The average molecular weight is 387 g/mol. The molecule has 2 nitrogen and oxygen atoms in total. The molecule has 0 bridgehead atoms. The zero-order valence-corrected chi connectivity index (χ0v) is 19.2. The first-order chi connectivity index (χ1) is 13.1. The number of hydrogen-bond donors (Lipinski definition) is 0. The molecular weight excluding hydrogens is 344 g/mol. The maximum atomic E-state index is 11.3. The van der Waals surface area contributed by atoms with E-state index in [1.807, 2.05) is 6.92 Å². The predicted molar refractivity (Wildman–Crippen MR) is 119 cm³/mol. The van der Waals surface area contributed by atoms with Gasteiger partial charge in [-0.15, -0.1) is 0 Å². The summed E-state index contributed by atoms with van der Waals surface area (Å²) in [4.78, 5) is 11.3. The monoisotopic (exact) mass is 386 g/mol. The van der Waals surface area contributed by atoms with Crippen LogP contribution < -0.4 is 0 Å². The lowest BCUT2D eigenvalue weighted by atomic mass is 9.47. The van der Waals surface area contributed by atoms with E-state index in [1.165, 1.54) is 56.8 Å². The Kier molecular flexibility index (Phi) is 7.76. The van der Waals surface area contributed by atoms with Crippen LogP contribution in [0.2, 0.25) is 0 Å². The van der Waals surface area contributed by atoms with Crippen LogP contribution in [0.3, 0.4) is 0 Å². The highest BCUT2D eigenvalue weighted by atomic mass is 16.5. The van der Waals surface area contributed by atoms with Gasteiger partial charge in [-0.05, 0) is 87.9 Å². The second-order valence-electron chi connectivity index (χ2n) is 10.3. The van der Waals surface area contributed by atoms with Crippen molar-refractivity contribution in [2.24, 2.45) is 22.7 Å². The Morgan fingerprint density at radius 2 is 1.89 bits per heavy atom. The number of allylic oxidation sites excluding steroid dienone is 4. The van der Waals surface area contributed by atoms with Gasteiger partial charge in [0, 0.05) is 6.08 Å². The smallest absolute Gasteiger partial charge is 0.330 e. The van der Waals surface area contributed by atoms with Crippen LogP contribution in [0.4, 0.5) is 0 Å². The molecule has 2 aliphatic rings. The lowest BCUT2D eigenvalue weighted by Crippen LogP contribution is -2.49. The minimum absolute atomic E-state index is 0.257. The van der Waals surface area contributed by atoms with Crippen molar-refractivity contribution in [2.75, 3.05) is 7.11 Å². The molecule has 2 rings (SSSR count). The molecule has 0 radical (unpaired) electrons. The summed E-state index contributed by atoms with van der Waals surface area (Å²) in [6, 6.07) is 0. The number of esters is 1. The molecule has 28 heavy (non-hydrogen) atoms. The molecule has 2 fully saturated rings. The van der Waals surface area contributed by atoms with E-state index in [0.717, 1.165) is 30.8 Å². The minimum atomic E-state index is -0.257. The van der Waals surface area contributed by atoms with Gasteiger partial charge in [0.2, 0.25) is 0 Å². The maximum Gasteiger partial charge on any atom is 0.330 e. The summed E-state index contributed by atoms with van der Waals surface area (Å²) in [6.45, 7) is 16.3. The quantitative estimate of drug-likeness (QED) is 0.259. The normalized spacial score (nSPS) is 30.7. The van der Waals surface area contributed by atoms with Crippen molar-refractivity contribution in [2.45, 2.75) is 92.4 Å². The van der Waals surface area contributed by atoms with Crippen molar-refractivity contribution in [3.8, 4) is 0 Å². The molecule has 0 amide bonds. The molecule has 0 aromatic rings. The molecule has 158 valence electrons. The van der Waals surface area contributed by atoms with Crippen LogP contribution in [0.1, 0.15) is 92.4 Å². The number of ether oxygens (including phenoxy) is 1. The summed E-state index contributed by atoms with van der Waals surface area (Å²) in [5.41, 5.74) is 4.95. The van der Waals surface area contributed by atoms with Gasteiger partial charge in [-0.2, -0.15) is 0 Å². The molecule has 0 spiro atoms. The van der Waals surface area contributed by atoms with Crippen LogP contribution in [0.25, 0.3) is 0 Å². The van der Waals surface area contributed by atoms with Crippen molar-refractivity contribution >= 4 is 5.97 Å². The minimum Gasteiger partial charge on any atom is -0.466 e. The lowest BCUT2D eigenvalue weighted by Gasteiger charge is -2.58. The van der Waals surface area contributed by atoms with E-state index in [-0.39, 0.29) is 5.97 Å². The zero-order valence-electron chi connectivity index (χ0n) is 19.2. The van der Waals surface area contributed by atoms with E-state index in [1.54, 1.807) is 6.08 Å². The van der Waals surface area contributed by atoms with Crippen LogP contribution in [0.15, 0.2) is 35.5 Å². The third-order valence-corrected chi connectivity index (χ3v) is 7.74. The van der Waals surface area contributed by atoms with Gasteiger partial charge in [-0.25, -0.2) is 4.79 Å². The van der Waals surface area contributed by atoms with E-state index in [9.17, 15) is 4.79 Å². The number of carbonyl (C=O) groups excluding carboxylic acids is 1. The van der Waals surface area contributed by atoms with Crippen molar-refractivity contribution in [1.29, 1.82) is 0 Å². The Morgan fingerprint density at radius 1 is 1.18 bits per heavy atom. The van der Waals surface area contributed by atoms with Gasteiger partial charge in [-0.3, -0.25) is 0 Å². The fourth-order valence-corrected chi connectivity index (χ4v) is 6.16. The summed E-state index contributed by atoms with van der Waals surface area (Å²) in [5.74, 6) is 1.24. The van der Waals surface area contributed by atoms with Gasteiger partial charge < -0.3 is 4.74 Å². The second kappa shape index (κ2) is 9.46. The average Bonchev–Trinajstić information content (AvgIpc) is 2.60. The molecule has 0 aliphatic heterocycles. The first-order valence-electron chi connectivity index (χ1n) is 11.2. The lowest BCUT2D eigenvalue weighted by molar-refractivity contribution is -0.134. The number of hydrogen-bond acceptors (Lipinski definition) is 2. The number of rotatable bonds is 7. The fourth-order valence-electron chi connectivity index (χ4n) is 6.16. The van der Waals surface area contributed by atoms with Crippen LogP contribution in [0, 0.1) is 22.7 Å². The highest BCUT2D eigenvalue weighted by Crippen LogP contribution is 2.61. The van der Waals surface area contributed by atoms with Crippen LogP contribution in [-0.2, 0) is 9.53 Å². The summed E-state index contributed by atoms with van der Waals surface area (Å²) in [7, 11) is 1.42. The molecule has 0 aromatic heterocycles. The fraction of sp³-hybridized carbons (Fsp3) is 0.731. The third-order valence-electron chi connectivity index (χ3n) is 7.74. The van der Waals surface area contributed by atoms with E-state index in [4.69, 9.17) is 4.74 Å². The first-order valence-corrected chi connectivity index (χ1v) is 11.2. The molecule has 2 heteroatoms. The van der Waals surface area contributed by atoms with E-state index < -0.39 is 0 Å². The molecule has 0 heterocycles. The van der Waals surface area contributed by atoms with Gasteiger partial charge in [0.05, 0.1) is 7.11 Å². The summed E-state index contributed by atoms with van der Waals surface area (Å²) >= 11 is 0. The summed E-state index contributed by atoms with van der Waals surface area (Å²) in [6.07, 6.45) is 14.9. The number of methoxy groups -OCH3 is 1. The molecule has 3 atom stereocenters. The van der Waals surface area contributed by atoms with Crippen molar-refractivity contribution in [3.63, 3.8) is 0 Å².